The van der Waals surface area contributed by atoms with E-state index in [1.807, 2.05) is 0 Å². The normalized spacial score (nSPS) is 10.5. The van der Waals surface area contributed by atoms with Crippen LogP contribution in [0.15, 0.2) is 29.1 Å². The van der Waals surface area contributed by atoms with Crippen LogP contribution in [0, 0.1) is 19.7 Å². The highest BCUT2D eigenvalue weighted by Gasteiger charge is 2.16. The smallest absolute Gasteiger partial charge is 0.348 e. The van der Waals surface area contributed by atoms with Gasteiger partial charge in [0.05, 0.1) is 19.2 Å². The van der Waals surface area contributed by atoms with Crippen LogP contribution in [0.5, 0.6) is 5.75 Å². The van der Waals surface area contributed by atoms with E-state index in [4.69, 9.17) is 4.74 Å². The number of carbonyl (C=O) groups is 1. The molecule has 0 bridgehead atoms. The molecule has 1 heterocycles. The third-order valence-electron chi connectivity index (χ3n) is 3.11. The van der Waals surface area contributed by atoms with Crippen molar-refractivity contribution >= 4 is 5.78 Å². The first kappa shape index (κ1) is 14.9. The summed E-state index contributed by atoms with van der Waals surface area (Å²) in [6, 6.07) is 5.40. The lowest BCUT2D eigenvalue weighted by atomic mass is 10.1. The van der Waals surface area contributed by atoms with Crippen molar-refractivity contribution in [3.63, 3.8) is 0 Å². The second kappa shape index (κ2) is 5.87. The third-order valence-corrected chi connectivity index (χ3v) is 3.11. The first-order chi connectivity index (χ1) is 9.92. The summed E-state index contributed by atoms with van der Waals surface area (Å²) in [6.07, 6.45) is 0. The van der Waals surface area contributed by atoms with Gasteiger partial charge in [0.2, 0.25) is 0 Å². The van der Waals surface area contributed by atoms with E-state index >= 15 is 0 Å². The Morgan fingerprint density at radius 1 is 1.33 bits per heavy atom. The predicted molar refractivity (Wildman–Crippen MR) is 75.3 cm³/mol. The number of ketones is 1. The van der Waals surface area contributed by atoms with Gasteiger partial charge >= 0.3 is 5.69 Å². The number of ether oxygens (including phenoxy) is 1. The monoisotopic (exact) mass is 290 g/mol. The van der Waals surface area contributed by atoms with E-state index in [2.05, 4.69) is 4.98 Å². The Balaban J connectivity index is 2.39. The standard InChI is InChI=1S/C15H15FN2O3/c1-9-6-10(2)18(15(20)17-9)8-13(19)12-7-11(16)4-5-14(12)21-3/h4-7H,8H2,1-3H3. The molecule has 0 spiro atoms. The molecule has 0 fully saturated rings. The number of aryl methyl sites for hydroxylation is 2. The highest BCUT2D eigenvalue weighted by atomic mass is 19.1. The van der Waals surface area contributed by atoms with Crippen molar-refractivity contribution < 1.29 is 13.9 Å². The molecule has 0 aliphatic carbocycles. The van der Waals surface area contributed by atoms with Crippen molar-refractivity contribution in [2.45, 2.75) is 20.4 Å². The van der Waals surface area contributed by atoms with Crippen LogP contribution in [-0.4, -0.2) is 22.4 Å². The molecule has 2 rings (SSSR count). The van der Waals surface area contributed by atoms with Crippen LogP contribution in [0.4, 0.5) is 4.39 Å². The van der Waals surface area contributed by atoms with Crippen LogP contribution < -0.4 is 10.4 Å². The molecule has 0 radical (unpaired) electrons. The minimum atomic E-state index is -0.537. The molecule has 110 valence electrons. The molecule has 2 aromatic rings. The van der Waals surface area contributed by atoms with Gasteiger partial charge in [-0.1, -0.05) is 0 Å². The lowest BCUT2D eigenvalue weighted by Gasteiger charge is -2.11. The summed E-state index contributed by atoms with van der Waals surface area (Å²) in [5.74, 6) is -0.681. The molecule has 5 nitrogen and oxygen atoms in total. The van der Waals surface area contributed by atoms with Gasteiger partial charge in [0.25, 0.3) is 0 Å². The van der Waals surface area contributed by atoms with Gasteiger partial charge in [-0.2, -0.15) is 4.98 Å². The second-order valence-corrected chi connectivity index (χ2v) is 4.68. The van der Waals surface area contributed by atoms with Crippen molar-refractivity contribution in [1.29, 1.82) is 0 Å². The summed E-state index contributed by atoms with van der Waals surface area (Å²) in [7, 11) is 1.40. The van der Waals surface area contributed by atoms with E-state index in [0.29, 0.717) is 11.4 Å². The molecule has 0 aliphatic heterocycles. The van der Waals surface area contributed by atoms with Gasteiger partial charge in [0.1, 0.15) is 11.6 Å². The summed E-state index contributed by atoms with van der Waals surface area (Å²) in [5, 5.41) is 0. The molecule has 1 aromatic carbocycles. The van der Waals surface area contributed by atoms with Gasteiger partial charge in [-0.15, -0.1) is 0 Å². The summed E-state index contributed by atoms with van der Waals surface area (Å²) < 4.78 is 19.6. The average molecular weight is 290 g/mol. The Bertz CT molecular complexity index is 753. The molecule has 0 atom stereocenters. The number of hydrogen-bond donors (Lipinski definition) is 0. The fraction of sp³-hybridized carbons (Fsp3) is 0.267. The van der Waals surface area contributed by atoms with Gasteiger partial charge in [-0.05, 0) is 38.1 Å². The van der Waals surface area contributed by atoms with Crippen LogP contribution in [0.2, 0.25) is 0 Å². The first-order valence-electron chi connectivity index (χ1n) is 6.34. The summed E-state index contributed by atoms with van der Waals surface area (Å²) in [4.78, 5) is 27.9. The third kappa shape index (κ3) is 3.16. The van der Waals surface area contributed by atoms with Gasteiger partial charge in [0, 0.05) is 11.4 Å². The zero-order chi connectivity index (χ0) is 15.6. The van der Waals surface area contributed by atoms with Crippen molar-refractivity contribution in [3.05, 3.63) is 57.5 Å². The first-order valence-corrected chi connectivity index (χ1v) is 6.34. The minimum Gasteiger partial charge on any atom is -0.496 e. The van der Waals surface area contributed by atoms with Crippen LogP contribution >= 0.6 is 0 Å². The van der Waals surface area contributed by atoms with E-state index in [1.54, 1.807) is 19.9 Å². The molecule has 0 N–H and O–H groups in total. The maximum absolute atomic E-state index is 13.3. The maximum atomic E-state index is 13.3. The summed E-state index contributed by atoms with van der Waals surface area (Å²) in [6.45, 7) is 3.21. The second-order valence-electron chi connectivity index (χ2n) is 4.68. The molecule has 21 heavy (non-hydrogen) atoms. The number of benzene rings is 1. The van der Waals surface area contributed by atoms with E-state index in [9.17, 15) is 14.0 Å². The molecule has 0 saturated heterocycles. The van der Waals surface area contributed by atoms with E-state index < -0.39 is 17.3 Å². The number of halogens is 1. The highest BCUT2D eigenvalue weighted by molar-refractivity contribution is 5.98. The van der Waals surface area contributed by atoms with Crippen LogP contribution in [-0.2, 0) is 6.54 Å². The quantitative estimate of drug-likeness (QED) is 0.807. The van der Waals surface area contributed by atoms with Crippen molar-refractivity contribution in [2.75, 3.05) is 7.11 Å². The molecule has 0 amide bonds. The van der Waals surface area contributed by atoms with Gasteiger partial charge in [-0.3, -0.25) is 9.36 Å². The minimum absolute atomic E-state index is 0.101. The zero-order valence-corrected chi connectivity index (χ0v) is 12.0. The molecule has 0 unspecified atom stereocenters. The van der Waals surface area contributed by atoms with Gasteiger partial charge < -0.3 is 4.74 Å². The molecular weight excluding hydrogens is 275 g/mol. The number of hydrogen-bond acceptors (Lipinski definition) is 4. The van der Waals surface area contributed by atoms with E-state index in [0.717, 1.165) is 6.07 Å². The van der Waals surface area contributed by atoms with Crippen molar-refractivity contribution in [3.8, 4) is 5.75 Å². The zero-order valence-electron chi connectivity index (χ0n) is 12.0. The lowest BCUT2D eigenvalue weighted by Crippen LogP contribution is -2.29. The Morgan fingerprint density at radius 3 is 2.67 bits per heavy atom. The molecule has 0 saturated carbocycles. The van der Waals surface area contributed by atoms with Crippen LogP contribution in [0.25, 0.3) is 0 Å². The Labute approximate surface area is 121 Å². The fourth-order valence-electron chi connectivity index (χ4n) is 2.09. The molecule has 6 heteroatoms. The Hall–Kier alpha value is -2.50. The summed E-state index contributed by atoms with van der Waals surface area (Å²) >= 11 is 0. The SMILES string of the molecule is COc1ccc(F)cc1C(=O)Cn1c(C)cc(C)nc1=O. The van der Waals surface area contributed by atoms with E-state index in [-0.39, 0.29) is 17.9 Å². The maximum Gasteiger partial charge on any atom is 0.348 e. The average Bonchev–Trinajstić information content (AvgIpc) is 2.42. The number of Topliss-reactive ketones (excluding diaryl/α,β-unsaturated/α-hetero) is 1. The van der Waals surface area contributed by atoms with E-state index in [1.165, 1.54) is 23.8 Å². The van der Waals surface area contributed by atoms with Crippen LogP contribution in [0.1, 0.15) is 21.7 Å². The number of aromatic nitrogens is 2. The van der Waals surface area contributed by atoms with Gasteiger partial charge in [-0.25, -0.2) is 9.18 Å². The summed E-state index contributed by atoms with van der Waals surface area (Å²) in [5.41, 5.74) is 0.807. The van der Waals surface area contributed by atoms with Crippen molar-refractivity contribution in [2.24, 2.45) is 0 Å². The van der Waals surface area contributed by atoms with Gasteiger partial charge in [0.15, 0.2) is 5.78 Å². The number of rotatable bonds is 4. The molecule has 0 aliphatic rings. The molecular formula is C15H15FN2O3. The largest absolute Gasteiger partial charge is 0.496 e. The fourth-order valence-corrected chi connectivity index (χ4v) is 2.09. The number of nitrogens with zero attached hydrogens (tertiary/aromatic N) is 2. The topological polar surface area (TPSA) is 61.2 Å². The predicted octanol–water partition coefficient (Wildman–Crippen LogP) is 1.89. The highest BCUT2D eigenvalue weighted by Crippen LogP contribution is 2.20. The van der Waals surface area contributed by atoms with Crippen molar-refractivity contribution in [1.82, 2.24) is 9.55 Å². The Kier molecular flexibility index (Phi) is 4.16. The number of carbonyl (C=O) groups excluding carboxylic acids is 1. The Morgan fingerprint density at radius 2 is 2.05 bits per heavy atom. The van der Waals surface area contributed by atoms with Crippen LogP contribution in [0.3, 0.4) is 0 Å². The lowest BCUT2D eigenvalue weighted by molar-refractivity contribution is 0.0966. The number of methoxy groups -OCH3 is 1. The molecule has 1 aromatic heterocycles.